The molecule has 0 spiro atoms. The molecule has 1 aromatic rings. The van der Waals surface area contributed by atoms with Crippen molar-refractivity contribution in [3.05, 3.63) is 30.1 Å². The number of aromatic nitrogens is 1. The standard InChI is InChI=1S/C8H9N2O.ClH/c1-11-7-10-4-2-3-8(5-9)6-10;/h2-4,6H,7H2,1H3;1H/q+1;/p-1. The number of ether oxygens (including phenoxy) is 1. The van der Waals surface area contributed by atoms with Crippen molar-refractivity contribution in [2.75, 3.05) is 7.11 Å². The summed E-state index contributed by atoms with van der Waals surface area (Å²) in [5.41, 5.74) is 0.643. The second-order valence-corrected chi connectivity index (χ2v) is 2.14. The van der Waals surface area contributed by atoms with E-state index in [0.717, 1.165) is 0 Å². The number of hydrogen-bond donors (Lipinski definition) is 0. The summed E-state index contributed by atoms with van der Waals surface area (Å²) in [5, 5.41) is 8.53. The zero-order chi connectivity index (χ0) is 8.10. The van der Waals surface area contributed by atoms with Crippen LogP contribution < -0.4 is 17.0 Å². The molecular weight excluding hydrogens is 176 g/mol. The number of hydrogen-bond acceptors (Lipinski definition) is 2. The number of pyridine rings is 1. The number of nitriles is 1. The van der Waals surface area contributed by atoms with Crippen molar-refractivity contribution < 1.29 is 21.7 Å². The van der Waals surface area contributed by atoms with Crippen LogP contribution in [0, 0.1) is 11.3 Å². The Balaban J connectivity index is 0.00000121. The molecule has 0 aromatic carbocycles. The highest BCUT2D eigenvalue weighted by Crippen LogP contribution is 1.89. The highest BCUT2D eigenvalue weighted by molar-refractivity contribution is 5.21. The summed E-state index contributed by atoms with van der Waals surface area (Å²) in [6.45, 7) is 0.482. The maximum absolute atomic E-state index is 8.53. The summed E-state index contributed by atoms with van der Waals surface area (Å²) in [4.78, 5) is 0. The van der Waals surface area contributed by atoms with Gasteiger partial charge < -0.3 is 17.1 Å². The molecule has 0 unspecified atom stereocenters. The molecule has 0 fully saturated rings. The lowest BCUT2D eigenvalue weighted by Crippen LogP contribution is -3.00. The molecule has 0 bridgehead atoms. The molecule has 4 heteroatoms. The number of nitrogens with zero attached hydrogens (tertiary/aromatic N) is 2. The van der Waals surface area contributed by atoms with Crippen LogP contribution in [-0.4, -0.2) is 7.11 Å². The fraction of sp³-hybridized carbons (Fsp3) is 0.250. The van der Waals surface area contributed by atoms with E-state index in [9.17, 15) is 0 Å². The molecule has 0 atom stereocenters. The Bertz CT molecular complexity index is 283. The average molecular weight is 185 g/mol. The molecule has 0 N–H and O–H groups in total. The highest BCUT2D eigenvalue weighted by atomic mass is 35.5. The van der Waals surface area contributed by atoms with Crippen LogP contribution in [-0.2, 0) is 11.5 Å². The third-order valence-corrected chi connectivity index (χ3v) is 1.27. The Morgan fingerprint density at radius 1 is 1.67 bits per heavy atom. The Kier molecular flexibility index (Phi) is 5.02. The van der Waals surface area contributed by atoms with E-state index in [0.29, 0.717) is 12.3 Å². The largest absolute Gasteiger partial charge is 1.00 e. The molecule has 3 nitrogen and oxygen atoms in total. The van der Waals surface area contributed by atoms with Crippen molar-refractivity contribution in [3.8, 4) is 6.07 Å². The van der Waals surface area contributed by atoms with Crippen LogP contribution in [0.25, 0.3) is 0 Å². The van der Waals surface area contributed by atoms with Gasteiger partial charge in [-0.2, -0.15) is 9.83 Å². The van der Waals surface area contributed by atoms with Gasteiger partial charge in [-0.05, 0) is 6.07 Å². The van der Waals surface area contributed by atoms with Gasteiger partial charge in [0, 0.05) is 13.2 Å². The van der Waals surface area contributed by atoms with Gasteiger partial charge in [-0.15, -0.1) is 0 Å². The van der Waals surface area contributed by atoms with Crippen molar-refractivity contribution in [1.82, 2.24) is 0 Å². The van der Waals surface area contributed by atoms with Crippen molar-refractivity contribution in [2.45, 2.75) is 6.73 Å². The molecule has 0 saturated heterocycles. The highest BCUT2D eigenvalue weighted by Gasteiger charge is 1.98. The van der Waals surface area contributed by atoms with Gasteiger partial charge in [0.05, 0.1) is 0 Å². The van der Waals surface area contributed by atoms with Crippen molar-refractivity contribution in [3.63, 3.8) is 0 Å². The van der Waals surface area contributed by atoms with Gasteiger partial charge >= 0.3 is 0 Å². The minimum Gasteiger partial charge on any atom is -1.00 e. The van der Waals surface area contributed by atoms with Crippen molar-refractivity contribution in [1.29, 1.82) is 5.26 Å². The Hall–Kier alpha value is -1.11. The van der Waals surface area contributed by atoms with Gasteiger partial charge in [0.25, 0.3) is 6.73 Å². The normalized spacial score (nSPS) is 8.33. The number of methoxy groups -OCH3 is 1. The summed E-state index contributed by atoms with van der Waals surface area (Å²) in [5.74, 6) is 0. The first kappa shape index (κ1) is 10.9. The van der Waals surface area contributed by atoms with E-state index in [4.69, 9.17) is 10.00 Å². The molecule has 0 aliphatic rings. The predicted octanol–water partition coefficient (Wildman–Crippen LogP) is -2.55. The van der Waals surface area contributed by atoms with E-state index in [2.05, 4.69) is 0 Å². The fourth-order valence-corrected chi connectivity index (χ4v) is 0.817. The van der Waals surface area contributed by atoms with Gasteiger partial charge in [-0.3, -0.25) is 0 Å². The molecule has 0 saturated carbocycles. The summed E-state index contributed by atoms with van der Waals surface area (Å²) in [6.07, 6.45) is 3.59. The predicted molar refractivity (Wildman–Crippen MR) is 38.4 cm³/mol. The summed E-state index contributed by atoms with van der Waals surface area (Å²) >= 11 is 0. The topological polar surface area (TPSA) is 36.9 Å². The Morgan fingerprint density at radius 3 is 3.00 bits per heavy atom. The van der Waals surface area contributed by atoms with Gasteiger partial charge in [0.2, 0.25) is 0 Å². The van der Waals surface area contributed by atoms with Gasteiger partial charge in [-0.25, -0.2) is 0 Å². The van der Waals surface area contributed by atoms with Crippen LogP contribution in [0.4, 0.5) is 0 Å². The Morgan fingerprint density at radius 2 is 2.42 bits per heavy atom. The monoisotopic (exact) mass is 184 g/mol. The van der Waals surface area contributed by atoms with Crippen LogP contribution in [0.3, 0.4) is 0 Å². The first-order valence-electron chi connectivity index (χ1n) is 3.25. The van der Waals surface area contributed by atoms with Gasteiger partial charge in [-0.1, -0.05) is 0 Å². The van der Waals surface area contributed by atoms with Crippen LogP contribution in [0.1, 0.15) is 5.56 Å². The van der Waals surface area contributed by atoms with Gasteiger partial charge in [0.15, 0.2) is 12.4 Å². The van der Waals surface area contributed by atoms with E-state index < -0.39 is 0 Å². The lowest BCUT2D eigenvalue weighted by atomic mass is 10.3. The van der Waals surface area contributed by atoms with Crippen LogP contribution >= 0.6 is 0 Å². The first-order chi connectivity index (χ1) is 5.36. The molecule has 0 aliphatic heterocycles. The molecule has 1 aromatic heterocycles. The molecule has 1 rings (SSSR count). The molecule has 0 amide bonds. The van der Waals surface area contributed by atoms with E-state index in [1.165, 1.54) is 0 Å². The minimum absolute atomic E-state index is 0. The maximum atomic E-state index is 8.53. The van der Waals surface area contributed by atoms with Crippen LogP contribution in [0.15, 0.2) is 24.5 Å². The second kappa shape index (κ2) is 5.53. The van der Waals surface area contributed by atoms with E-state index in [-0.39, 0.29) is 12.4 Å². The zero-order valence-electron chi connectivity index (χ0n) is 6.70. The quantitative estimate of drug-likeness (QED) is 0.475. The smallest absolute Gasteiger partial charge is 0.252 e. The minimum atomic E-state index is 0. The third-order valence-electron chi connectivity index (χ3n) is 1.27. The summed E-state index contributed by atoms with van der Waals surface area (Å²) < 4.78 is 6.69. The van der Waals surface area contributed by atoms with Crippen molar-refractivity contribution in [2.24, 2.45) is 0 Å². The molecule has 0 aliphatic carbocycles. The molecular formula is C8H9ClN2O. The molecule has 0 radical (unpaired) electrons. The van der Waals surface area contributed by atoms with E-state index >= 15 is 0 Å². The number of rotatable bonds is 2. The lowest BCUT2D eigenvalue weighted by molar-refractivity contribution is -0.731. The molecule has 1 heterocycles. The van der Waals surface area contributed by atoms with Gasteiger partial charge in [0.1, 0.15) is 11.6 Å². The van der Waals surface area contributed by atoms with E-state index in [1.807, 2.05) is 18.3 Å². The maximum Gasteiger partial charge on any atom is 0.252 e. The summed E-state index contributed by atoms with van der Waals surface area (Å²) in [7, 11) is 1.62. The molecule has 64 valence electrons. The van der Waals surface area contributed by atoms with E-state index in [1.54, 1.807) is 23.9 Å². The number of halogens is 1. The van der Waals surface area contributed by atoms with Crippen molar-refractivity contribution >= 4 is 0 Å². The second-order valence-electron chi connectivity index (χ2n) is 2.14. The summed E-state index contributed by atoms with van der Waals surface area (Å²) in [6, 6.07) is 5.62. The first-order valence-corrected chi connectivity index (χ1v) is 3.25. The average Bonchev–Trinajstić information content (AvgIpc) is 2.06. The van der Waals surface area contributed by atoms with Crippen LogP contribution in [0.5, 0.6) is 0 Å². The molecule has 12 heavy (non-hydrogen) atoms. The fourth-order valence-electron chi connectivity index (χ4n) is 0.817. The third kappa shape index (κ3) is 2.87. The zero-order valence-corrected chi connectivity index (χ0v) is 7.45. The SMILES string of the molecule is COC[n+]1cccc(C#N)c1.[Cl-]. The van der Waals surface area contributed by atoms with Crippen LogP contribution in [0.2, 0.25) is 0 Å². The lowest BCUT2D eigenvalue weighted by Gasteiger charge is -1.92. The Labute approximate surface area is 77.6 Å².